The van der Waals surface area contributed by atoms with Crippen LogP contribution in [-0.4, -0.2) is 17.5 Å². The Bertz CT molecular complexity index is 698. The number of allylic oxidation sites excluding steroid dienone is 7. The summed E-state index contributed by atoms with van der Waals surface area (Å²) in [5.41, 5.74) is 3.17. The maximum Gasteiger partial charge on any atom is 0.308 e. The largest absolute Gasteiger partial charge is 0.422 e. The standard InChI is InChI=1S/C23H32O4/c1-6-7-8-12-20-21(25)15-19(22(26)23(20)27-18(5)24)14-13-17(4)11-9-10-16(2)3/h10,13,15H,6-9,11-12,14H2,1-5H3/b17-13+. The van der Waals surface area contributed by atoms with Gasteiger partial charge in [0, 0.05) is 18.1 Å². The summed E-state index contributed by atoms with van der Waals surface area (Å²) in [7, 11) is 0. The van der Waals surface area contributed by atoms with E-state index < -0.39 is 5.97 Å². The summed E-state index contributed by atoms with van der Waals surface area (Å²) >= 11 is 0. The van der Waals surface area contributed by atoms with Crippen LogP contribution in [0, 0.1) is 0 Å². The quantitative estimate of drug-likeness (QED) is 0.218. The van der Waals surface area contributed by atoms with Crippen molar-refractivity contribution in [2.24, 2.45) is 0 Å². The molecule has 4 nitrogen and oxygen atoms in total. The minimum atomic E-state index is -0.575. The molecule has 0 aliphatic heterocycles. The van der Waals surface area contributed by atoms with Gasteiger partial charge in [0.2, 0.25) is 5.78 Å². The van der Waals surface area contributed by atoms with Crippen molar-refractivity contribution in [1.29, 1.82) is 0 Å². The minimum Gasteiger partial charge on any atom is -0.422 e. The van der Waals surface area contributed by atoms with Gasteiger partial charge >= 0.3 is 5.97 Å². The molecule has 0 radical (unpaired) electrons. The molecule has 1 rings (SSSR count). The van der Waals surface area contributed by atoms with Crippen LogP contribution in [0.15, 0.2) is 46.3 Å². The number of ether oxygens (including phenoxy) is 1. The van der Waals surface area contributed by atoms with E-state index in [2.05, 4.69) is 26.8 Å². The Labute approximate surface area is 163 Å². The molecule has 1 aliphatic rings. The number of hydrogen-bond donors (Lipinski definition) is 0. The molecule has 0 aromatic heterocycles. The second-order valence-electron chi connectivity index (χ2n) is 7.30. The molecule has 148 valence electrons. The van der Waals surface area contributed by atoms with Gasteiger partial charge in [-0.25, -0.2) is 0 Å². The van der Waals surface area contributed by atoms with Crippen LogP contribution in [0.5, 0.6) is 0 Å². The van der Waals surface area contributed by atoms with Crippen LogP contribution in [0.4, 0.5) is 0 Å². The molecule has 0 atom stereocenters. The van der Waals surface area contributed by atoms with Gasteiger partial charge in [-0.1, -0.05) is 43.1 Å². The zero-order valence-corrected chi connectivity index (χ0v) is 17.3. The normalized spacial score (nSPS) is 15.0. The van der Waals surface area contributed by atoms with Gasteiger partial charge in [-0.3, -0.25) is 14.4 Å². The van der Waals surface area contributed by atoms with E-state index in [0.29, 0.717) is 24.0 Å². The van der Waals surface area contributed by atoms with Crippen LogP contribution in [0.25, 0.3) is 0 Å². The smallest absolute Gasteiger partial charge is 0.308 e. The van der Waals surface area contributed by atoms with Crippen molar-refractivity contribution in [3.05, 3.63) is 46.3 Å². The molecule has 0 aromatic carbocycles. The van der Waals surface area contributed by atoms with Gasteiger partial charge in [0.1, 0.15) is 0 Å². The molecule has 1 aliphatic carbocycles. The number of carbonyl (C=O) groups excluding carboxylic acids is 3. The van der Waals surface area contributed by atoms with Gasteiger partial charge in [-0.2, -0.15) is 0 Å². The molecule has 0 N–H and O–H groups in total. The summed E-state index contributed by atoms with van der Waals surface area (Å²) in [6.45, 7) is 9.47. The van der Waals surface area contributed by atoms with Gasteiger partial charge in [-0.05, 0) is 59.0 Å². The average molecular weight is 373 g/mol. The van der Waals surface area contributed by atoms with Gasteiger partial charge in [-0.15, -0.1) is 0 Å². The first kappa shape index (κ1) is 22.8. The van der Waals surface area contributed by atoms with Crippen molar-refractivity contribution >= 4 is 17.5 Å². The maximum atomic E-state index is 12.8. The van der Waals surface area contributed by atoms with Crippen molar-refractivity contribution in [2.75, 3.05) is 0 Å². The molecule has 0 saturated carbocycles. The van der Waals surface area contributed by atoms with Gasteiger partial charge in [0.05, 0.1) is 0 Å². The fourth-order valence-electron chi connectivity index (χ4n) is 2.87. The van der Waals surface area contributed by atoms with Crippen LogP contribution in [0.3, 0.4) is 0 Å². The molecular weight excluding hydrogens is 340 g/mol. The van der Waals surface area contributed by atoms with E-state index in [0.717, 1.165) is 32.1 Å². The SMILES string of the molecule is CCCCCC1=C(OC(C)=O)C(=O)C(C/C=C(\C)CCC=C(C)C)=CC1=O. The lowest BCUT2D eigenvalue weighted by atomic mass is 9.90. The number of Topliss-reactive ketones (excluding diaryl/α,β-unsaturated/α-hetero) is 1. The van der Waals surface area contributed by atoms with E-state index in [1.165, 1.54) is 24.1 Å². The Morgan fingerprint density at radius 3 is 2.37 bits per heavy atom. The van der Waals surface area contributed by atoms with Crippen molar-refractivity contribution in [3.8, 4) is 0 Å². The second kappa shape index (κ2) is 11.5. The van der Waals surface area contributed by atoms with Crippen LogP contribution < -0.4 is 0 Å². The molecule has 0 bridgehead atoms. The summed E-state index contributed by atoms with van der Waals surface area (Å²) in [5.74, 6) is -1.21. The summed E-state index contributed by atoms with van der Waals surface area (Å²) in [4.78, 5) is 36.7. The molecule has 0 heterocycles. The van der Waals surface area contributed by atoms with Crippen molar-refractivity contribution in [1.82, 2.24) is 0 Å². The molecule has 0 saturated heterocycles. The predicted octanol–water partition coefficient (Wildman–Crippen LogP) is 5.54. The summed E-state index contributed by atoms with van der Waals surface area (Å²) < 4.78 is 5.15. The highest BCUT2D eigenvalue weighted by Gasteiger charge is 2.30. The molecule has 4 heteroatoms. The lowest BCUT2D eigenvalue weighted by Crippen LogP contribution is -2.22. The molecule has 0 amide bonds. The first-order chi connectivity index (χ1) is 12.8. The molecule has 0 spiro atoms. The minimum absolute atomic E-state index is 0.0725. The number of unbranched alkanes of at least 4 members (excludes halogenated alkanes) is 2. The predicted molar refractivity (Wildman–Crippen MR) is 108 cm³/mol. The molecule has 0 aromatic rings. The maximum absolute atomic E-state index is 12.8. The zero-order chi connectivity index (χ0) is 20.4. The monoisotopic (exact) mass is 372 g/mol. The van der Waals surface area contributed by atoms with Crippen LogP contribution in [0.2, 0.25) is 0 Å². The highest BCUT2D eigenvalue weighted by molar-refractivity contribution is 6.22. The Morgan fingerprint density at radius 1 is 1.07 bits per heavy atom. The number of hydrogen-bond acceptors (Lipinski definition) is 4. The van der Waals surface area contributed by atoms with Crippen LogP contribution in [-0.2, 0) is 19.1 Å². The summed E-state index contributed by atoms with van der Waals surface area (Å²) in [6, 6.07) is 0. The third-order valence-corrected chi connectivity index (χ3v) is 4.41. The van der Waals surface area contributed by atoms with E-state index in [-0.39, 0.29) is 17.3 Å². The number of ketones is 2. The number of carbonyl (C=O) groups is 3. The first-order valence-corrected chi connectivity index (χ1v) is 9.76. The highest BCUT2D eigenvalue weighted by Crippen LogP contribution is 2.27. The van der Waals surface area contributed by atoms with E-state index in [4.69, 9.17) is 4.74 Å². The van der Waals surface area contributed by atoms with Crippen LogP contribution in [0.1, 0.15) is 79.6 Å². The molecule has 0 unspecified atom stereocenters. The van der Waals surface area contributed by atoms with Gasteiger partial charge in [0.25, 0.3) is 0 Å². The van der Waals surface area contributed by atoms with E-state index in [9.17, 15) is 14.4 Å². The van der Waals surface area contributed by atoms with Crippen molar-refractivity contribution in [3.63, 3.8) is 0 Å². The Morgan fingerprint density at radius 2 is 1.78 bits per heavy atom. The number of rotatable bonds is 10. The average Bonchev–Trinajstić information content (AvgIpc) is 2.58. The fourth-order valence-corrected chi connectivity index (χ4v) is 2.87. The van der Waals surface area contributed by atoms with E-state index in [1.807, 2.05) is 13.0 Å². The summed E-state index contributed by atoms with van der Waals surface area (Å²) in [6.07, 6.45) is 11.0. The lowest BCUT2D eigenvalue weighted by molar-refractivity contribution is -0.140. The van der Waals surface area contributed by atoms with Gasteiger partial charge in [0.15, 0.2) is 11.5 Å². The van der Waals surface area contributed by atoms with Crippen molar-refractivity contribution in [2.45, 2.75) is 79.6 Å². The fraction of sp³-hybridized carbons (Fsp3) is 0.522. The highest BCUT2D eigenvalue weighted by atomic mass is 16.5. The van der Waals surface area contributed by atoms with Crippen molar-refractivity contribution < 1.29 is 19.1 Å². The van der Waals surface area contributed by atoms with Gasteiger partial charge < -0.3 is 4.74 Å². The molecular formula is C23H32O4. The summed E-state index contributed by atoms with van der Waals surface area (Å²) in [5, 5.41) is 0. The Hall–Kier alpha value is -2.23. The zero-order valence-electron chi connectivity index (χ0n) is 17.3. The molecule has 0 fully saturated rings. The van der Waals surface area contributed by atoms with Crippen LogP contribution >= 0.6 is 0 Å². The lowest BCUT2D eigenvalue weighted by Gasteiger charge is -2.18. The third kappa shape index (κ3) is 7.90. The van der Waals surface area contributed by atoms with E-state index >= 15 is 0 Å². The third-order valence-electron chi connectivity index (χ3n) is 4.41. The molecule has 27 heavy (non-hydrogen) atoms. The second-order valence-corrected chi connectivity index (χ2v) is 7.30. The Kier molecular flexibility index (Phi) is 9.70. The first-order valence-electron chi connectivity index (χ1n) is 9.76. The number of esters is 1. The van der Waals surface area contributed by atoms with E-state index in [1.54, 1.807) is 0 Å². The topological polar surface area (TPSA) is 60.4 Å². The Balaban J connectivity index is 2.91.